The molecule has 1 aliphatic heterocycles. The molecule has 0 aliphatic carbocycles. The van der Waals surface area contributed by atoms with Gasteiger partial charge in [-0.25, -0.2) is 0 Å². The van der Waals surface area contributed by atoms with Gasteiger partial charge in [-0.15, -0.1) is 0 Å². The Bertz CT molecular complexity index is 1250. The van der Waals surface area contributed by atoms with Crippen molar-refractivity contribution in [3.8, 4) is 28.5 Å². The van der Waals surface area contributed by atoms with E-state index in [9.17, 15) is 4.79 Å². The van der Waals surface area contributed by atoms with E-state index in [0.29, 0.717) is 36.0 Å². The number of anilines is 1. The number of ether oxygens (including phenoxy) is 3. The number of aromatic amines is 1. The summed E-state index contributed by atoms with van der Waals surface area (Å²) < 4.78 is 18.8. The van der Waals surface area contributed by atoms with Gasteiger partial charge in [0.25, 0.3) is 5.91 Å². The molecule has 162 valence electrons. The monoisotopic (exact) mass is 431 g/mol. The molecule has 1 amide bonds. The van der Waals surface area contributed by atoms with E-state index in [-0.39, 0.29) is 12.0 Å². The lowest BCUT2D eigenvalue weighted by Crippen LogP contribution is -2.33. The summed E-state index contributed by atoms with van der Waals surface area (Å²) in [5.41, 5.74) is 2.33. The normalized spacial score (nSPS) is 14.7. The lowest BCUT2D eigenvalue weighted by Gasteiger charge is -2.26. The van der Waals surface area contributed by atoms with Crippen molar-refractivity contribution in [3.05, 3.63) is 72.7 Å². The van der Waals surface area contributed by atoms with Gasteiger partial charge in [0.1, 0.15) is 18.1 Å². The molecule has 0 saturated carbocycles. The zero-order valence-electron chi connectivity index (χ0n) is 17.3. The first kappa shape index (κ1) is 19.7. The molecule has 0 saturated heterocycles. The third kappa shape index (κ3) is 4.00. The maximum atomic E-state index is 12.7. The molecule has 0 radical (unpaired) electrons. The molecule has 0 spiro atoms. The number of benzene rings is 2. The maximum Gasteiger partial charge on any atom is 0.273 e. The van der Waals surface area contributed by atoms with Crippen LogP contribution in [0, 0.1) is 0 Å². The van der Waals surface area contributed by atoms with Crippen molar-refractivity contribution < 1.29 is 19.0 Å². The molecular weight excluding hydrogens is 410 g/mol. The lowest BCUT2D eigenvalue weighted by atomic mass is 10.1. The number of carbonyl (C=O) groups excluding carboxylic acids is 1. The van der Waals surface area contributed by atoms with Crippen LogP contribution in [0.1, 0.15) is 10.5 Å². The Morgan fingerprint density at radius 2 is 2.03 bits per heavy atom. The van der Waals surface area contributed by atoms with Gasteiger partial charge in [0.2, 0.25) is 0 Å². The van der Waals surface area contributed by atoms with E-state index in [1.165, 1.54) is 0 Å². The van der Waals surface area contributed by atoms with Gasteiger partial charge < -0.3 is 19.5 Å². The summed E-state index contributed by atoms with van der Waals surface area (Å²) in [5.74, 6) is 1.83. The second kappa shape index (κ2) is 8.46. The zero-order valence-corrected chi connectivity index (χ0v) is 17.3. The average Bonchev–Trinajstić information content (AvgIpc) is 3.49. The molecule has 4 aromatic rings. The molecule has 32 heavy (non-hydrogen) atoms. The molecule has 2 aromatic carbocycles. The highest BCUT2D eigenvalue weighted by molar-refractivity contribution is 6.03. The number of rotatable bonds is 6. The van der Waals surface area contributed by atoms with E-state index in [2.05, 4.69) is 20.6 Å². The maximum absolute atomic E-state index is 12.7. The van der Waals surface area contributed by atoms with Gasteiger partial charge >= 0.3 is 0 Å². The van der Waals surface area contributed by atoms with Crippen molar-refractivity contribution in [3.63, 3.8) is 0 Å². The van der Waals surface area contributed by atoms with Crippen molar-refractivity contribution in [1.82, 2.24) is 20.0 Å². The molecular formula is C23H21N5O4. The van der Waals surface area contributed by atoms with Gasteiger partial charge in [-0.05, 0) is 30.3 Å². The zero-order chi connectivity index (χ0) is 21.9. The molecule has 5 rings (SSSR count). The number of fused-ring (bicyclic) bond motifs is 1. The largest absolute Gasteiger partial charge is 0.496 e. The first-order valence-corrected chi connectivity index (χ1v) is 10.1. The van der Waals surface area contributed by atoms with E-state index in [4.69, 9.17) is 14.2 Å². The van der Waals surface area contributed by atoms with Crippen LogP contribution < -0.4 is 19.5 Å². The number of H-pyrrole nitrogens is 1. The molecule has 1 atom stereocenters. The second-order valence-corrected chi connectivity index (χ2v) is 7.27. The summed E-state index contributed by atoms with van der Waals surface area (Å²) in [7, 11) is 1.60. The number of nitrogens with zero attached hydrogens (tertiary/aromatic N) is 3. The van der Waals surface area contributed by atoms with E-state index in [1.807, 2.05) is 48.5 Å². The minimum atomic E-state index is -0.315. The van der Waals surface area contributed by atoms with Crippen LogP contribution in [0.3, 0.4) is 0 Å². The van der Waals surface area contributed by atoms with E-state index >= 15 is 0 Å². The van der Waals surface area contributed by atoms with Crippen molar-refractivity contribution in [1.29, 1.82) is 0 Å². The molecule has 1 unspecified atom stereocenters. The Morgan fingerprint density at radius 1 is 1.22 bits per heavy atom. The van der Waals surface area contributed by atoms with Crippen LogP contribution in [0.25, 0.3) is 11.3 Å². The first-order chi connectivity index (χ1) is 15.7. The fourth-order valence-corrected chi connectivity index (χ4v) is 3.52. The van der Waals surface area contributed by atoms with E-state index < -0.39 is 0 Å². The summed E-state index contributed by atoms with van der Waals surface area (Å²) in [5, 5.41) is 14.2. The van der Waals surface area contributed by atoms with Crippen molar-refractivity contribution in [2.75, 3.05) is 19.0 Å². The number of methoxy groups -OCH3 is 1. The van der Waals surface area contributed by atoms with Gasteiger partial charge in [-0.1, -0.05) is 24.3 Å². The first-order valence-electron chi connectivity index (χ1n) is 10.1. The highest BCUT2D eigenvalue weighted by atomic mass is 16.6. The Kier molecular flexibility index (Phi) is 5.20. The van der Waals surface area contributed by atoms with Gasteiger partial charge in [0.15, 0.2) is 17.6 Å². The van der Waals surface area contributed by atoms with Crippen LogP contribution in [0.2, 0.25) is 0 Å². The smallest absolute Gasteiger partial charge is 0.273 e. The molecule has 9 nitrogen and oxygen atoms in total. The lowest BCUT2D eigenvalue weighted by molar-refractivity contribution is 0.0759. The van der Waals surface area contributed by atoms with E-state index in [1.54, 1.807) is 30.3 Å². The Morgan fingerprint density at radius 3 is 2.91 bits per heavy atom. The van der Waals surface area contributed by atoms with Crippen LogP contribution in [0.15, 0.2) is 67.0 Å². The summed E-state index contributed by atoms with van der Waals surface area (Å²) in [6.45, 7) is 0.921. The minimum absolute atomic E-state index is 0.177. The van der Waals surface area contributed by atoms with Crippen molar-refractivity contribution in [2.24, 2.45) is 0 Å². The highest BCUT2D eigenvalue weighted by Crippen LogP contribution is 2.31. The summed E-state index contributed by atoms with van der Waals surface area (Å²) in [6, 6.07) is 16.7. The van der Waals surface area contributed by atoms with Gasteiger partial charge in [-0.2, -0.15) is 10.2 Å². The molecule has 1 aliphatic rings. The number of hydrogen-bond acceptors (Lipinski definition) is 6. The SMILES string of the molecule is COc1ccccc1-c1cc(C(=O)Nc2cnn(CC3COc4ccccc4O3)c2)[nH]n1. The van der Waals surface area contributed by atoms with Crippen molar-refractivity contribution in [2.45, 2.75) is 12.6 Å². The number of nitrogens with one attached hydrogen (secondary N) is 2. The highest BCUT2D eigenvalue weighted by Gasteiger charge is 2.21. The third-order valence-electron chi connectivity index (χ3n) is 5.05. The number of hydrogen-bond donors (Lipinski definition) is 2. The number of aromatic nitrogens is 4. The molecule has 2 N–H and O–H groups in total. The topological polar surface area (TPSA) is 103 Å². The van der Waals surface area contributed by atoms with Crippen LogP contribution in [-0.4, -0.2) is 45.7 Å². The van der Waals surface area contributed by atoms with Crippen LogP contribution in [-0.2, 0) is 6.54 Å². The van der Waals surface area contributed by atoms with Gasteiger partial charge in [0, 0.05) is 11.8 Å². The third-order valence-corrected chi connectivity index (χ3v) is 5.05. The fourth-order valence-electron chi connectivity index (χ4n) is 3.52. The summed E-state index contributed by atoms with van der Waals surface area (Å²) >= 11 is 0. The van der Waals surface area contributed by atoms with Crippen LogP contribution in [0.4, 0.5) is 5.69 Å². The second-order valence-electron chi connectivity index (χ2n) is 7.27. The molecule has 2 aromatic heterocycles. The molecule has 9 heteroatoms. The minimum Gasteiger partial charge on any atom is -0.496 e. The standard InChI is InChI=1S/C23H21N5O4/c1-30-20-7-3-2-6-17(20)18-10-19(27-26-18)23(29)25-15-11-24-28(12-15)13-16-14-31-21-8-4-5-9-22(21)32-16/h2-12,16H,13-14H2,1H3,(H,25,29)(H,26,27). The summed E-state index contributed by atoms with van der Waals surface area (Å²) in [4.78, 5) is 12.7. The van der Waals surface area contributed by atoms with Crippen LogP contribution in [0.5, 0.6) is 17.2 Å². The quantitative estimate of drug-likeness (QED) is 0.485. The molecule has 0 fully saturated rings. The van der Waals surface area contributed by atoms with Crippen LogP contribution >= 0.6 is 0 Å². The van der Waals surface area contributed by atoms with Gasteiger partial charge in [0.05, 0.1) is 31.2 Å². The fraction of sp³-hybridized carbons (Fsp3) is 0.174. The average molecular weight is 431 g/mol. The Hall–Kier alpha value is -4.27. The van der Waals surface area contributed by atoms with Crippen molar-refractivity contribution >= 4 is 11.6 Å². The number of para-hydroxylation sites is 3. The van der Waals surface area contributed by atoms with Gasteiger partial charge in [-0.3, -0.25) is 14.6 Å². The predicted molar refractivity (Wildman–Crippen MR) is 117 cm³/mol. The Labute approximate surface area is 183 Å². The Balaban J connectivity index is 1.22. The molecule has 0 bridgehead atoms. The number of amides is 1. The molecule has 3 heterocycles. The van der Waals surface area contributed by atoms with E-state index in [0.717, 1.165) is 17.1 Å². The summed E-state index contributed by atoms with van der Waals surface area (Å²) in [6.07, 6.45) is 3.16. The number of carbonyl (C=O) groups is 1. The predicted octanol–water partition coefficient (Wildman–Crippen LogP) is 3.37.